The molecule has 0 aliphatic rings. The maximum Gasteiger partial charge on any atom is 0.252 e. The van der Waals surface area contributed by atoms with E-state index in [9.17, 15) is 9.18 Å². The second-order valence-corrected chi connectivity index (χ2v) is 6.83. The van der Waals surface area contributed by atoms with Crippen LogP contribution >= 0.6 is 34.8 Å². The third-order valence-electron chi connectivity index (χ3n) is 2.79. The van der Waals surface area contributed by atoms with Gasteiger partial charge in [-0.1, -0.05) is 53.0 Å². The number of hydrogen-bond acceptors (Lipinski definition) is 2. The summed E-state index contributed by atoms with van der Waals surface area (Å²) in [6.45, 7) is 0. The minimum atomic E-state index is -1.77. The number of rotatable bonds is 4. The van der Waals surface area contributed by atoms with Crippen molar-refractivity contribution < 1.29 is 9.18 Å². The number of alkyl halides is 3. The Hall–Kier alpha value is -1.49. The van der Waals surface area contributed by atoms with Crippen LogP contribution < -0.4 is 10.6 Å². The fourth-order valence-corrected chi connectivity index (χ4v) is 2.04. The van der Waals surface area contributed by atoms with Gasteiger partial charge >= 0.3 is 0 Å². The van der Waals surface area contributed by atoms with Crippen LogP contribution in [0.5, 0.6) is 0 Å². The Morgan fingerprint density at radius 3 is 2.14 bits per heavy atom. The van der Waals surface area contributed by atoms with Gasteiger partial charge in [-0.15, -0.1) is 0 Å². The Morgan fingerprint density at radius 2 is 1.59 bits per heavy atom. The van der Waals surface area contributed by atoms with E-state index in [4.69, 9.17) is 34.8 Å². The van der Waals surface area contributed by atoms with Crippen molar-refractivity contribution in [1.29, 1.82) is 0 Å². The van der Waals surface area contributed by atoms with Gasteiger partial charge in [0.15, 0.2) is 0 Å². The van der Waals surface area contributed by atoms with Crippen LogP contribution in [-0.2, 0) is 0 Å². The van der Waals surface area contributed by atoms with Crippen molar-refractivity contribution in [2.45, 2.75) is 9.96 Å². The highest BCUT2D eigenvalue weighted by atomic mass is 35.6. The smallest absolute Gasteiger partial charge is 0.252 e. The molecule has 7 heteroatoms. The predicted molar refractivity (Wildman–Crippen MR) is 88.0 cm³/mol. The molecule has 3 nitrogen and oxygen atoms in total. The first-order valence-electron chi connectivity index (χ1n) is 6.31. The van der Waals surface area contributed by atoms with Crippen molar-refractivity contribution in [2.75, 3.05) is 5.32 Å². The molecule has 2 N–H and O–H groups in total. The van der Waals surface area contributed by atoms with Crippen molar-refractivity contribution in [3.05, 3.63) is 66.0 Å². The molecule has 0 radical (unpaired) electrons. The maximum absolute atomic E-state index is 12.9. The minimum absolute atomic E-state index is 0.260. The third-order valence-corrected chi connectivity index (χ3v) is 3.45. The van der Waals surface area contributed by atoms with Crippen LogP contribution in [0, 0.1) is 5.82 Å². The lowest BCUT2D eigenvalue weighted by atomic mass is 10.2. The summed E-state index contributed by atoms with van der Waals surface area (Å²) in [6.07, 6.45) is -0.961. The van der Waals surface area contributed by atoms with E-state index in [-0.39, 0.29) is 5.56 Å². The lowest BCUT2D eigenvalue weighted by molar-refractivity contribution is 0.0942. The molecule has 0 fully saturated rings. The van der Waals surface area contributed by atoms with Crippen molar-refractivity contribution in [3.63, 3.8) is 0 Å². The number of halogens is 4. The van der Waals surface area contributed by atoms with E-state index in [0.29, 0.717) is 5.69 Å². The lowest BCUT2D eigenvalue weighted by Crippen LogP contribution is -2.49. The van der Waals surface area contributed by atoms with Crippen LogP contribution in [0.1, 0.15) is 10.4 Å². The third kappa shape index (κ3) is 4.77. The first-order chi connectivity index (χ1) is 10.4. The fourth-order valence-electron chi connectivity index (χ4n) is 1.72. The summed E-state index contributed by atoms with van der Waals surface area (Å²) in [5.41, 5.74) is 0.939. The Bertz CT molecular complexity index is 629. The van der Waals surface area contributed by atoms with Gasteiger partial charge in [0.1, 0.15) is 12.0 Å². The van der Waals surface area contributed by atoms with Gasteiger partial charge in [0.05, 0.1) is 0 Å². The first-order valence-corrected chi connectivity index (χ1v) is 7.44. The molecule has 22 heavy (non-hydrogen) atoms. The summed E-state index contributed by atoms with van der Waals surface area (Å²) in [4.78, 5) is 12.2. The standard InChI is InChI=1S/C15H12Cl3FN2O/c16-15(17,18)14(20-12-4-2-1-3-5-12)21-13(22)10-6-8-11(19)9-7-10/h1-9,14,20H,(H,21,22)/t14-/m1/s1. The number of nitrogens with one attached hydrogen (secondary N) is 2. The quantitative estimate of drug-likeness (QED) is 0.627. The summed E-state index contributed by atoms with van der Waals surface area (Å²) < 4.78 is 11.1. The maximum atomic E-state index is 12.9. The van der Waals surface area contributed by atoms with Crippen molar-refractivity contribution in [3.8, 4) is 0 Å². The number of amides is 1. The second-order valence-electron chi connectivity index (χ2n) is 4.47. The van der Waals surface area contributed by atoms with E-state index < -0.39 is 21.7 Å². The number of carbonyl (C=O) groups excluding carboxylic acids is 1. The number of anilines is 1. The molecule has 0 bridgehead atoms. The normalized spacial score (nSPS) is 12.5. The molecule has 0 saturated heterocycles. The van der Waals surface area contributed by atoms with E-state index in [2.05, 4.69) is 10.6 Å². The minimum Gasteiger partial charge on any atom is -0.362 e. The SMILES string of the molecule is O=C(N[C@@H](Nc1ccccc1)C(Cl)(Cl)Cl)c1ccc(F)cc1. The van der Waals surface area contributed by atoms with Gasteiger partial charge in [-0.05, 0) is 36.4 Å². The molecule has 1 atom stereocenters. The predicted octanol–water partition coefficient (Wildman–Crippen LogP) is 4.36. The molecule has 0 aromatic heterocycles. The van der Waals surface area contributed by atoms with Crippen molar-refractivity contribution >= 4 is 46.4 Å². The molecule has 2 aromatic carbocycles. The summed E-state index contributed by atoms with van der Waals surface area (Å²) in [5, 5.41) is 5.50. The molecule has 2 rings (SSSR count). The monoisotopic (exact) mass is 360 g/mol. The molecule has 0 spiro atoms. The highest BCUT2D eigenvalue weighted by Crippen LogP contribution is 2.31. The van der Waals surface area contributed by atoms with E-state index in [0.717, 1.165) is 0 Å². The summed E-state index contributed by atoms with van der Waals surface area (Å²) in [7, 11) is 0. The Labute approximate surface area is 142 Å². The average Bonchev–Trinajstić information content (AvgIpc) is 2.47. The van der Waals surface area contributed by atoms with Gasteiger partial charge in [-0.2, -0.15) is 0 Å². The topological polar surface area (TPSA) is 41.1 Å². The van der Waals surface area contributed by atoms with Crippen LogP contribution in [0.2, 0.25) is 0 Å². The largest absolute Gasteiger partial charge is 0.362 e. The zero-order valence-corrected chi connectivity index (χ0v) is 13.5. The molecule has 0 aliphatic carbocycles. The summed E-state index contributed by atoms with van der Waals surface area (Å²) in [6, 6.07) is 14.1. The highest BCUT2D eigenvalue weighted by molar-refractivity contribution is 6.68. The lowest BCUT2D eigenvalue weighted by Gasteiger charge is -2.27. The van der Waals surface area contributed by atoms with Gasteiger partial charge in [0.25, 0.3) is 5.91 Å². The number of benzene rings is 2. The molecular formula is C15H12Cl3FN2O. The Kier molecular flexibility index (Phi) is 5.51. The molecule has 0 unspecified atom stereocenters. The molecule has 0 saturated carbocycles. The zero-order valence-electron chi connectivity index (χ0n) is 11.2. The van der Waals surface area contributed by atoms with Crippen LogP contribution in [0.25, 0.3) is 0 Å². The van der Waals surface area contributed by atoms with Gasteiger partial charge in [0, 0.05) is 11.3 Å². The van der Waals surface area contributed by atoms with E-state index in [1.54, 1.807) is 24.3 Å². The van der Waals surface area contributed by atoms with Crippen LogP contribution in [0.15, 0.2) is 54.6 Å². The van der Waals surface area contributed by atoms with Crippen molar-refractivity contribution in [1.82, 2.24) is 5.32 Å². The van der Waals surface area contributed by atoms with E-state index >= 15 is 0 Å². The zero-order chi connectivity index (χ0) is 16.2. The number of para-hydroxylation sites is 1. The average molecular weight is 362 g/mol. The van der Waals surface area contributed by atoms with Crippen LogP contribution in [-0.4, -0.2) is 15.9 Å². The summed E-state index contributed by atoms with van der Waals surface area (Å²) in [5.74, 6) is -0.920. The molecule has 0 heterocycles. The molecular weight excluding hydrogens is 350 g/mol. The number of hydrogen-bond donors (Lipinski definition) is 2. The van der Waals surface area contributed by atoms with Gasteiger partial charge < -0.3 is 10.6 Å². The van der Waals surface area contributed by atoms with Crippen LogP contribution in [0.4, 0.5) is 10.1 Å². The molecule has 0 aliphatic heterocycles. The second kappa shape index (κ2) is 7.18. The number of carbonyl (C=O) groups is 1. The van der Waals surface area contributed by atoms with Gasteiger partial charge in [0.2, 0.25) is 3.79 Å². The Balaban J connectivity index is 2.13. The fraction of sp³-hybridized carbons (Fsp3) is 0.133. The highest BCUT2D eigenvalue weighted by Gasteiger charge is 2.34. The summed E-state index contributed by atoms with van der Waals surface area (Å²) >= 11 is 17.7. The van der Waals surface area contributed by atoms with Crippen molar-refractivity contribution in [2.24, 2.45) is 0 Å². The Morgan fingerprint density at radius 1 is 1.00 bits per heavy atom. The van der Waals surface area contributed by atoms with E-state index in [1.165, 1.54) is 24.3 Å². The van der Waals surface area contributed by atoms with Gasteiger partial charge in [-0.3, -0.25) is 4.79 Å². The van der Waals surface area contributed by atoms with E-state index in [1.807, 2.05) is 6.07 Å². The molecule has 116 valence electrons. The molecule has 2 aromatic rings. The van der Waals surface area contributed by atoms with Crippen LogP contribution in [0.3, 0.4) is 0 Å². The first kappa shape index (κ1) is 16.9. The molecule has 1 amide bonds. The van der Waals surface area contributed by atoms with Gasteiger partial charge in [-0.25, -0.2) is 4.39 Å².